The molecule has 2 aliphatic heterocycles. The van der Waals surface area contributed by atoms with Crippen LogP contribution in [0.5, 0.6) is 0 Å². The van der Waals surface area contributed by atoms with E-state index >= 15 is 0 Å². The van der Waals surface area contributed by atoms with Gasteiger partial charge in [-0.05, 0) is 66.9 Å². The number of ether oxygens (including phenoxy) is 1. The molecule has 1 aliphatic carbocycles. The number of piperazine rings is 1. The first-order valence-electron chi connectivity index (χ1n) is 15.2. The Morgan fingerprint density at radius 2 is 1.81 bits per heavy atom. The third kappa shape index (κ3) is 6.08. The summed E-state index contributed by atoms with van der Waals surface area (Å²) in [6.07, 6.45) is 2.89. The second-order valence-corrected chi connectivity index (χ2v) is 12.1. The number of nitrogens with zero attached hydrogens (tertiary/aromatic N) is 4. The van der Waals surface area contributed by atoms with Crippen LogP contribution in [0, 0.1) is 0 Å². The van der Waals surface area contributed by atoms with E-state index in [2.05, 4.69) is 49.3 Å². The summed E-state index contributed by atoms with van der Waals surface area (Å²) in [5, 5.41) is 16.4. The minimum atomic E-state index is -0.476. The summed E-state index contributed by atoms with van der Waals surface area (Å²) < 4.78 is 7.58. The smallest absolute Gasteiger partial charge is 0.247 e. The van der Waals surface area contributed by atoms with Crippen molar-refractivity contribution in [1.29, 1.82) is 0 Å². The topological polar surface area (TPSA) is 94.9 Å². The van der Waals surface area contributed by atoms with Gasteiger partial charge in [-0.2, -0.15) is 0 Å². The molecular weight excluding hydrogens is 564 g/mol. The lowest BCUT2D eigenvalue weighted by Crippen LogP contribution is -2.47. The van der Waals surface area contributed by atoms with Crippen molar-refractivity contribution in [1.82, 2.24) is 14.5 Å². The summed E-state index contributed by atoms with van der Waals surface area (Å²) in [6.45, 7) is 5.69. The van der Waals surface area contributed by atoms with Crippen molar-refractivity contribution in [3.8, 4) is 11.4 Å². The molecule has 1 aromatic heterocycles. The van der Waals surface area contributed by atoms with Crippen molar-refractivity contribution in [2.75, 3.05) is 68.1 Å². The van der Waals surface area contributed by atoms with E-state index in [4.69, 9.17) is 26.4 Å². The third-order valence-electron chi connectivity index (χ3n) is 8.62. The van der Waals surface area contributed by atoms with Crippen LogP contribution >= 0.6 is 11.6 Å². The number of carbonyl (C=O) groups excluding carboxylic acids is 1. The first-order chi connectivity index (χ1) is 21.1. The molecule has 1 unspecified atom stereocenters. The zero-order chi connectivity index (χ0) is 29.3. The summed E-state index contributed by atoms with van der Waals surface area (Å²) in [5.74, 6) is 0.743. The standard InChI is InChI=1S/C33H37ClN6O3/c34-23-3-1-22(2-4-23)19-31-33(42)37-28-9-7-25(35-24-5-6-24)20-27(28)32-36-29-21-26(8-10-30(29)40(31)32)39-13-11-38(12-14-39)15-17-43-18-16-41/h1-4,7-10,20-21,24,31,35,41H,5-6,11-19H2,(H,37,42). The van der Waals surface area contributed by atoms with Crippen LogP contribution in [0.1, 0.15) is 24.4 Å². The molecule has 3 aromatic carbocycles. The maximum Gasteiger partial charge on any atom is 0.247 e. The van der Waals surface area contributed by atoms with E-state index in [1.165, 1.54) is 12.8 Å². The van der Waals surface area contributed by atoms with E-state index in [1.807, 2.05) is 36.4 Å². The summed E-state index contributed by atoms with van der Waals surface area (Å²) in [4.78, 5) is 23.9. The fourth-order valence-corrected chi connectivity index (χ4v) is 6.26. The van der Waals surface area contributed by atoms with E-state index in [0.717, 1.165) is 77.8 Å². The molecule has 43 heavy (non-hydrogen) atoms. The molecule has 3 aliphatic rings. The molecule has 0 bridgehead atoms. The SMILES string of the molecule is O=C1Nc2ccc(NC3CC3)cc2-c2nc3cc(N4CCN(CCOCCO)CC4)ccc3n2C1Cc1ccc(Cl)cc1. The van der Waals surface area contributed by atoms with Crippen molar-refractivity contribution >= 4 is 45.6 Å². The van der Waals surface area contributed by atoms with Gasteiger partial charge in [-0.1, -0.05) is 23.7 Å². The normalized spacial score (nSPS) is 18.7. The highest BCUT2D eigenvalue weighted by atomic mass is 35.5. The highest BCUT2D eigenvalue weighted by Crippen LogP contribution is 2.40. The number of halogens is 1. The van der Waals surface area contributed by atoms with Gasteiger partial charge in [0.15, 0.2) is 0 Å². The number of benzene rings is 3. The molecule has 0 spiro atoms. The fraction of sp³-hybridized carbons (Fsp3) is 0.394. The molecule has 224 valence electrons. The molecule has 3 N–H and O–H groups in total. The van der Waals surface area contributed by atoms with Crippen LogP contribution < -0.4 is 15.5 Å². The van der Waals surface area contributed by atoms with Gasteiger partial charge < -0.3 is 29.9 Å². The second-order valence-electron chi connectivity index (χ2n) is 11.7. The van der Waals surface area contributed by atoms with E-state index in [0.29, 0.717) is 30.7 Å². The zero-order valence-corrected chi connectivity index (χ0v) is 24.9. The van der Waals surface area contributed by atoms with Gasteiger partial charge in [-0.15, -0.1) is 0 Å². The molecule has 7 rings (SSSR count). The Bertz CT molecular complexity index is 1610. The van der Waals surface area contributed by atoms with Crippen molar-refractivity contribution in [2.24, 2.45) is 0 Å². The number of anilines is 3. The van der Waals surface area contributed by atoms with Crippen molar-refractivity contribution in [2.45, 2.75) is 31.3 Å². The average molecular weight is 601 g/mol. The molecule has 1 atom stereocenters. The maximum absolute atomic E-state index is 13.8. The van der Waals surface area contributed by atoms with Gasteiger partial charge in [0.25, 0.3) is 0 Å². The fourth-order valence-electron chi connectivity index (χ4n) is 6.13. The summed E-state index contributed by atoms with van der Waals surface area (Å²) in [7, 11) is 0. The van der Waals surface area contributed by atoms with Gasteiger partial charge in [0.1, 0.15) is 11.9 Å². The number of amides is 1. The number of hydrogen-bond donors (Lipinski definition) is 3. The Morgan fingerprint density at radius 1 is 1.00 bits per heavy atom. The van der Waals surface area contributed by atoms with Crippen LogP contribution in [0.25, 0.3) is 22.4 Å². The van der Waals surface area contributed by atoms with Crippen molar-refractivity contribution in [3.05, 3.63) is 71.2 Å². The van der Waals surface area contributed by atoms with Crippen molar-refractivity contribution < 1.29 is 14.6 Å². The first-order valence-corrected chi connectivity index (χ1v) is 15.6. The highest BCUT2D eigenvalue weighted by molar-refractivity contribution is 6.30. The zero-order valence-electron chi connectivity index (χ0n) is 24.1. The van der Waals surface area contributed by atoms with Crippen LogP contribution in [0.2, 0.25) is 5.02 Å². The molecule has 10 heteroatoms. The Hall–Kier alpha value is -3.63. The number of aliphatic hydroxyl groups excluding tert-OH is 1. The molecule has 3 heterocycles. The summed E-state index contributed by atoms with van der Waals surface area (Å²) in [6, 6.07) is 20.4. The second kappa shape index (κ2) is 12.2. The van der Waals surface area contributed by atoms with Gasteiger partial charge in [-0.3, -0.25) is 9.69 Å². The van der Waals surface area contributed by atoms with Gasteiger partial charge in [-0.25, -0.2) is 4.98 Å². The van der Waals surface area contributed by atoms with Gasteiger partial charge in [0, 0.05) is 67.1 Å². The number of aliphatic hydroxyl groups is 1. The van der Waals surface area contributed by atoms with Crippen LogP contribution in [0.3, 0.4) is 0 Å². The summed E-state index contributed by atoms with van der Waals surface area (Å²) >= 11 is 6.17. The lowest BCUT2D eigenvalue weighted by molar-refractivity contribution is -0.119. The summed E-state index contributed by atoms with van der Waals surface area (Å²) in [5.41, 5.74) is 6.75. The lowest BCUT2D eigenvalue weighted by atomic mass is 10.0. The van der Waals surface area contributed by atoms with Crippen LogP contribution in [0.4, 0.5) is 17.1 Å². The molecule has 2 fully saturated rings. The van der Waals surface area contributed by atoms with Crippen LogP contribution in [-0.4, -0.2) is 84.1 Å². The average Bonchev–Trinajstić information content (AvgIpc) is 3.78. The molecule has 1 saturated carbocycles. The monoisotopic (exact) mass is 600 g/mol. The van der Waals surface area contributed by atoms with Gasteiger partial charge in [0.05, 0.1) is 36.5 Å². The number of aromatic nitrogens is 2. The predicted molar refractivity (Wildman–Crippen MR) is 171 cm³/mol. The van der Waals surface area contributed by atoms with Crippen LogP contribution in [-0.2, 0) is 16.0 Å². The number of nitrogens with one attached hydrogen (secondary N) is 2. The van der Waals surface area contributed by atoms with E-state index < -0.39 is 6.04 Å². The Balaban J connectivity index is 1.22. The van der Waals surface area contributed by atoms with E-state index in [9.17, 15) is 4.79 Å². The van der Waals surface area contributed by atoms with Gasteiger partial charge >= 0.3 is 0 Å². The highest BCUT2D eigenvalue weighted by Gasteiger charge is 2.32. The largest absolute Gasteiger partial charge is 0.394 e. The minimum absolute atomic E-state index is 0.0553. The number of carbonyl (C=O) groups is 1. The predicted octanol–water partition coefficient (Wildman–Crippen LogP) is 4.80. The number of rotatable bonds is 10. The van der Waals surface area contributed by atoms with E-state index in [1.54, 1.807) is 0 Å². The molecule has 9 nitrogen and oxygen atoms in total. The van der Waals surface area contributed by atoms with Crippen LogP contribution in [0.15, 0.2) is 60.7 Å². The minimum Gasteiger partial charge on any atom is -0.394 e. The Morgan fingerprint density at radius 3 is 2.58 bits per heavy atom. The number of fused-ring (bicyclic) bond motifs is 5. The van der Waals surface area contributed by atoms with Gasteiger partial charge in [0.2, 0.25) is 5.91 Å². The Kier molecular flexibility index (Phi) is 7.97. The van der Waals surface area contributed by atoms with E-state index in [-0.39, 0.29) is 12.5 Å². The first kappa shape index (κ1) is 28.2. The molecule has 1 saturated heterocycles. The quantitative estimate of drug-likeness (QED) is 0.225. The lowest BCUT2D eigenvalue weighted by Gasteiger charge is -2.36. The maximum atomic E-state index is 13.8. The molecule has 4 aromatic rings. The third-order valence-corrected chi connectivity index (χ3v) is 8.87. The molecule has 0 radical (unpaired) electrons. The Labute approximate surface area is 256 Å². The molecular formula is C33H37ClN6O3. The number of hydrogen-bond acceptors (Lipinski definition) is 7. The molecule has 1 amide bonds. The van der Waals surface area contributed by atoms with Crippen molar-refractivity contribution in [3.63, 3.8) is 0 Å². The number of imidazole rings is 1.